The van der Waals surface area contributed by atoms with Crippen LogP contribution in [0.4, 0.5) is 0 Å². The Bertz CT molecular complexity index is 847. The highest BCUT2D eigenvalue weighted by Gasteiger charge is 2.24. The molecule has 0 bridgehead atoms. The van der Waals surface area contributed by atoms with Gasteiger partial charge < -0.3 is 14.3 Å². The predicted octanol–water partition coefficient (Wildman–Crippen LogP) is 4.39. The maximum absolute atomic E-state index is 12.2. The third-order valence-electron chi connectivity index (χ3n) is 3.89. The van der Waals surface area contributed by atoms with E-state index in [2.05, 4.69) is 5.16 Å². The second kappa shape index (κ2) is 7.15. The van der Waals surface area contributed by atoms with Crippen LogP contribution in [0.25, 0.3) is 0 Å². The first-order valence-corrected chi connectivity index (χ1v) is 8.25. The van der Waals surface area contributed by atoms with Crippen LogP contribution in [0.2, 0.25) is 5.02 Å². The minimum Gasteiger partial charge on any atom is -0.497 e. The highest BCUT2D eigenvalue weighted by Crippen LogP contribution is 2.32. The summed E-state index contributed by atoms with van der Waals surface area (Å²) in [5, 5.41) is 4.40. The van der Waals surface area contributed by atoms with Gasteiger partial charge in [-0.2, -0.15) is 0 Å². The molecule has 2 aromatic rings. The minimum atomic E-state index is -0.591. The number of ether oxygens (including phenoxy) is 2. The third-order valence-corrected chi connectivity index (χ3v) is 4.20. The Morgan fingerprint density at radius 1 is 1.28 bits per heavy atom. The molecule has 0 spiro atoms. The molecule has 0 aromatic heterocycles. The van der Waals surface area contributed by atoms with Crippen LogP contribution in [0.3, 0.4) is 0 Å². The number of carbonyl (C=O) groups excluding carboxylic acids is 1. The second-order valence-electron chi connectivity index (χ2n) is 5.89. The van der Waals surface area contributed by atoms with Gasteiger partial charge in [0.2, 0.25) is 0 Å². The number of hydrogen-bond donors (Lipinski definition) is 0. The number of hydrogen-bond acceptors (Lipinski definition) is 5. The maximum Gasteiger partial charge on any atom is 0.367 e. The fourth-order valence-corrected chi connectivity index (χ4v) is 2.94. The molecule has 25 heavy (non-hydrogen) atoms. The molecule has 1 atom stereocenters. The number of nitrogens with zero attached hydrogens (tertiary/aromatic N) is 1. The van der Waals surface area contributed by atoms with E-state index >= 15 is 0 Å². The summed E-state index contributed by atoms with van der Waals surface area (Å²) in [6.45, 7) is 3.83. The van der Waals surface area contributed by atoms with E-state index in [0.29, 0.717) is 28.7 Å². The van der Waals surface area contributed by atoms with Crippen LogP contribution in [0, 0.1) is 6.92 Å². The SMILES string of the molecule is COc1ccc2c(c1)O[C@H](C)C/C2=N\OC(=O)c1ccc(C)cc1Cl. The molecule has 0 radical (unpaired) electrons. The van der Waals surface area contributed by atoms with E-state index in [-0.39, 0.29) is 11.7 Å². The Morgan fingerprint density at radius 2 is 2.08 bits per heavy atom. The van der Waals surface area contributed by atoms with Crippen LogP contribution in [0.15, 0.2) is 41.6 Å². The monoisotopic (exact) mass is 359 g/mol. The fraction of sp³-hybridized carbons (Fsp3) is 0.263. The molecule has 0 amide bonds. The van der Waals surface area contributed by atoms with Gasteiger partial charge in [0, 0.05) is 18.1 Å². The highest BCUT2D eigenvalue weighted by molar-refractivity contribution is 6.33. The lowest BCUT2D eigenvalue weighted by Gasteiger charge is -2.24. The van der Waals surface area contributed by atoms with Gasteiger partial charge in [0.05, 0.1) is 23.4 Å². The Morgan fingerprint density at radius 3 is 2.80 bits per heavy atom. The largest absolute Gasteiger partial charge is 0.497 e. The number of oxime groups is 1. The first-order chi connectivity index (χ1) is 12.0. The molecule has 0 saturated heterocycles. The van der Waals surface area contributed by atoms with Gasteiger partial charge in [-0.05, 0) is 43.7 Å². The predicted molar refractivity (Wildman–Crippen MR) is 95.8 cm³/mol. The molecule has 1 aliphatic heterocycles. The Kier molecular flexibility index (Phi) is 4.95. The Labute approximate surface area is 151 Å². The number of fused-ring (bicyclic) bond motifs is 1. The maximum atomic E-state index is 12.2. The van der Waals surface area contributed by atoms with Gasteiger partial charge in [-0.3, -0.25) is 0 Å². The third kappa shape index (κ3) is 3.77. The van der Waals surface area contributed by atoms with Gasteiger partial charge in [-0.1, -0.05) is 22.8 Å². The number of rotatable bonds is 3. The van der Waals surface area contributed by atoms with Crippen molar-refractivity contribution in [3.63, 3.8) is 0 Å². The zero-order chi connectivity index (χ0) is 18.0. The summed E-state index contributed by atoms with van der Waals surface area (Å²) in [6, 6.07) is 10.6. The zero-order valence-corrected chi connectivity index (χ0v) is 15.0. The number of aryl methyl sites for hydroxylation is 1. The number of benzene rings is 2. The average molecular weight is 360 g/mol. The quantitative estimate of drug-likeness (QED) is 0.602. The second-order valence-corrected chi connectivity index (χ2v) is 6.30. The number of halogens is 1. The summed E-state index contributed by atoms with van der Waals surface area (Å²) in [4.78, 5) is 17.4. The van der Waals surface area contributed by atoms with Crippen molar-refractivity contribution < 1.29 is 19.1 Å². The molecule has 1 heterocycles. The van der Waals surface area contributed by atoms with Gasteiger partial charge in [0.15, 0.2) is 0 Å². The van der Waals surface area contributed by atoms with Crippen LogP contribution < -0.4 is 9.47 Å². The Balaban J connectivity index is 1.85. The molecule has 0 unspecified atom stereocenters. The van der Waals surface area contributed by atoms with Crippen LogP contribution in [0.1, 0.15) is 34.8 Å². The van der Waals surface area contributed by atoms with Crippen molar-refractivity contribution >= 4 is 23.3 Å². The summed E-state index contributed by atoms with van der Waals surface area (Å²) in [5.41, 5.74) is 2.68. The first kappa shape index (κ1) is 17.3. The van der Waals surface area contributed by atoms with Crippen LogP contribution in [-0.4, -0.2) is 24.9 Å². The van der Waals surface area contributed by atoms with Crippen molar-refractivity contribution in [2.45, 2.75) is 26.4 Å². The summed E-state index contributed by atoms with van der Waals surface area (Å²) >= 11 is 6.10. The van der Waals surface area contributed by atoms with E-state index in [0.717, 1.165) is 11.1 Å². The van der Waals surface area contributed by atoms with Crippen LogP contribution >= 0.6 is 11.6 Å². The first-order valence-electron chi connectivity index (χ1n) is 7.87. The molecule has 3 rings (SSSR count). The van der Waals surface area contributed by atoms with E-state index < -0.39 is 5.97 Å². The minimum absolute atomic E-state index is 0.0833. The zero-order valence-electron chi connectivity index (χ0n) is 14.2. The fourth-order valence-electron chi connectivity index (χ4n) is 2.62. The standard InChI is InChI=1S/C19H18ClNO4/c1-11-4-6-14(16(20)8-11)19(22)25-21-17-9-12(2)24-18-10-13(23-3)5-7-15(17)18/h4-8,10,12H,9H2,1-3H3/b21-17+/t12-/m1/s1. The lowest BCUT2D eigenvalue weighted by Crippen LogP contribution is -2.25. The van der Waals surface area contributed by atoms with Crippen molar-refractivity contribution in [1.29, 1.82) is 0 Å². The normalized spacial score (nSPS) is 17.6. The van der Waals surface area contributed by atoms with Crippen molar-refractivity contribution in [2.75, 3.05) is 7.11 Å². The number of methoxy groups -OCH3 is 1. The van der Waals surface area contributed by atoms with E-state index in [1.807, 2.05) is 26.0 Å². The molecule has 6 heteroatoms. The van der Waals surface area contributed by atoms with Gasteiger partial charge in [0.1, 0.15) is 17.6 Å². The smallest absolute Gasteiger partial charge is 0.367 e. The summed E-state index contributed by atoms with van der Waals surface area (Å²) in [6.07, 6.45) is 0.453. The summed E-state index contributed by atoms with van der Waals surface area (Å²) < 4.78 is 11.0. The van der Waals surface area contributed by atoms with Crippen LogP contribution in [-0.2, 0) is 4.84 Å². The van der Waals surface area contributed by atoms with Gasteiger partial charge in [-0.25, -0.2) is 4.79 Å². The topological polar surface area (TPSA) is 57.1 Å². The van der Waals surface area contributed by atoms with E-state index in [9.17, 15) is 4.79 Å². The van der Waals surface area contributed by atoms with Gasteiger partial charge in [0.25, 0.3) is 0 Å². The van der Waals surface area contributed by atoms with Gasteiger partial charge in [-0.15, -0.1) is 0 Å². The van der Waals surface area contributed by atoms with Crippen molar-refractivity contribution in [3.8, 4) is 11.5 Å². The van der Waals surface area contributed by atoms with E-state index in [1.54, 1.807) is 31.4 Å². The van der Waals surface area contributed by atoms with E-state index in [4.69, 9.17) is 25.9 Å². The molecule has 2 aromatic carbocycles. The van der Waals surface area contributed by atoms with Crippen molar-refractivity contribution in [2.24, 2.45) is 5.16 Å². The molecular weight excluding hydrogens is 342 g/mol. The lowest BCUT2D eigenvalue weighted by atomic mass is 10.0. The number of carbonyl (C=O) groups is 1. The lowest BCUT2D eigenvalue weighted by molar-refractivity contribution is 0.0513. The summed E-state index contributed by atoms with van der Waals surface area (Å²) in [5.74, 6) is 0.753. The van der Waals surface area contributed by atoms with Crippen molar-refractivity contribution in [3.05, 3.63) is 58.1 Å². The molecule has 0 saturated carbocycles. The molecule has 0 aliphatic carbocycles. The van der Waals surface area contributed by atoms with Crippen LogP contribution in [0.5, 0.6) is 11.5 Å². The molecular formula is C19H18ClNO4. The molecule has 0 N–H and O–H groups in total. The molecule has 1 aliphatic rings. The highest BCUT2D eigenvalue weighted by atomic mass is 35.5. The molecule has 130 valence electrons. The summed E-state index contributed by atoms with van der Waals surface area (Å²) in [7, 11) is 1.59. The molecule has 5 nitrogen and oxygen atoms in total. The average Bonchev–Trinajstić information content (AvgIpc) is 2.58. The Hall–Kier alpha value is -2.53. The molecule has 0 fully saturated rings. The van der Waals surface area contributed by atoms with Gasteiger partial charge >= 0.3 is 5.97 Å². The van der Waals surface area contributed by atoms with Crippen molar-refractivity contribution in [1.82, 2.24) is 0 Å². The van der Waals surface area contributed by atoms with E-state index in [1.165, 1.54) is 0 Å².